The normalized spacial score (nSPS) is 11.8. The fourth-order valence-electron chi connectivity index (χ4n) is 4.52. The molecular formula is C31H26N4O4S. The van der Waals surface area contributed by atoms with Crippen molar-refractivity contribution in [1.82, 2.24) is 10.3 Å². The van der Waals surface area contributed by atoms with Gasteiger partial charge in [-0.3, -0.25) is 19.7 Å². The highest BCUT2D eigenvalue weighted by atomic mass is 32.1. The van der Waals surface area contributed by atoms with Crippen LogP contribution in [-0.2, 0) is 16.0 Å². The van der Waals surface area contributed by atoms with Crippen LogP contribution >= 0.6 is 11.3 Å². The standard InChI is InChI=1S/C31H26N4O4S/c1-20-12-17-25-27(18-20)40-31(33-25)34-29(36)26(19-21-13-15-24(16-14-21)35(38)39)32-30(37)28(22-8-4-2-5-9-22)23-10-6-3-7-11-23/h2-18,26,28H,19H2,1H3,(H,32,37)(H,33,34,36)/t26-/m0/s1. The topological polar surface area (TPSA) is 114 Å². The summed E-state index contributed by atoms with van der Waals surface area (Å²) in [5.41, 5.74) is 4.07. The van der Waals surface area contributed by atoms with Crippen molar-refractivity contribution in [3.8, 4) is 0 Å². The maximum atomic E-state index is 13.8. The number of rotatable bonds is 9. The largest absolute Gasteiger partial charge is 0.343 e. The molecule has 0 unspecified atom stereocenters. The van der Waals surface area contributed by atoms with E-state index in [1.54, 1.807) is 12.1 Å². The van der Waals surface area contributed by atoms with Crippen molar-refractivity contribution < 1.29 is 14.5 Å². The Morgan fingerprint density at radius 2 is 1.50 bits per heavy atom. The first-order valence-electron chi connectivity index (χ1n) is 12.7. The molecule has 0 fully saturated rings. The van der Waals surface area contributed by atoms with Gasteiger partial charge in [-0.1, -0.05) is 90.2 Å². The van der Waals surface area contributed by atoms with E-state index in [0.29, 0.717) is 10.7 Å². The second-order valence-corrected chi connectivity index (χ2v) is 10.5. The summed E-state index contributed by atoms with van der Waals surface area (Å²) in [7, 11) is 0. The summed E-state index contributed by atoms with van der Waals surface area (Å²) < 4.78 is 0.944. The molecule has 0 aliphatic rings. The number of carbonyl (C=O) groups excluding carboxylic acids is 2. The van der Waals surface area contributed by atoms with Gasteiger partial charge in [0.15, 0.2) is 5.13 Å². The lowest BCUT2D eigenvalue weighted by atomic mass is 9.90. The molecule has 0 radical (unpaired) electrons. The molecule has 200 valence electrons. The Balaban J connectivity index is 1.44. The van der Waals surface area contributed by atoms with Crippen molar-refractivity contribution in [2.75, 3.05) is 5.32 Å². The van der Waals surface area contributed by atoms with Crippen LogP contribution in [-0.4, -0.2) is 27.8 Å². The highest BCUT2D eigenvalue weighted by Crippen LogP contribution is 2.28. The SMILES string of the molecule is Cc1ccc2nc(NC(=O)[C@H](Cc3ccc([N+](=O)[O-])cc3)NC(=O)C(c3ccccc3)c3ccccc3)sc2c1. The van der Waals surface area contributed by atoms with E-state index in [1.165, 1.54) is 23.5 Å². The van der Waals surface area contributed by atoms with Crippen LogP contribution in [0.4, 0.5) is 10.8 Å². The lowest BCUT2D eigenvalue weighted by Crippen LogP contribution is -2.47. The molecule has 0 bridgehead atoms. The molecule has 4 aromatic carbocycles. The summed E-state index contributed by atoms with van der Waals surface area (Å²) in [4.78, 5) is 42.6. The van der Waals surface area contributed by atoms with Crippen LogP contribution in [0.15, 0.2) is 103 Å². The molecule has 2 amide bonds. The van der Waals surface area contributed by atoms with Crippen LogP contribution in [0.1, 0.15) is 28.2 Å². The summed E-state index contributed by atoms with van der Waals surface area (Å²) in [6, 6.07) is 29.6. The van der Waals surface area contributed by atoms with Gasteiger partial charge in [-0.15, -0.1) is 0 Å². The molecule has 9 heteroatoms. The van der Waals surface area contributed by atoms with E-state index in [4.69, 9.17) is 0 Å². The lowest BCUT2D eigenvalue weighted by molar-refractivity contribution is -0.384. The van der Waals surface area contributed by atoms with Gasteiger partial charge in [0.05, 0.1) is 21.1 Å². The van der Waals surface area contributed by atoms with Crippen LogP contribution in [0.2, 0.25) is 0 Å². The molecule has 5 aromatic rings. The number of hydrogen-bond donors (Lipinski definition) is 2. The van der Waals surface area contributed by atoms with Crippen molar-refractivity contribution in [2.45, 2.75) is 25.3 Å². The molecule has 1 aromatic heterocycles. The van der Waals surface area contributed by atoms with E-state index < -0.39 is 22.8 Å². The number of nitro benzene ring substituents is 1. The molecular weight excluding hydrogens is 524 g/mol. The van der Waals surface area contributed by atoms with Gasteiger partial charge in [-0.05, 0) is 41.3 Å². The number of aromatic nitrogens is 1. The predicted octanol–water partition coefficient (Wildman–Crippen LogP) is 6.01. The maximum Gasteiger partial charge on any atom is 0.269 e. The third-order valence-electron chi connectivity index (χ3n) is 6.52. The Hall–Kier alpha value is -4.89. The number of benzene rings is 4. The quantitative estimate of drug-likeness (QED) is 0.172. The van der Waals surface area contributed by atoms with Gasteiger partial charge in [-0.2, -0.15) is 0 Å². The number of amides is 2. The minimum atomic E-state index is -0.961. The summed E-state index contributed by atoms with van der Waals surface area (Å²) >= 11 is 1.36. The number of carbonyl (C=O) groups is 2. The minimum absolute atomic E-state index is 0.0493. The molecule has 1 heterocycles. The zero-order valence-electron chi connectivity index (χ0n) is 21.6. The number of anilines is 1. The van der Waals surface area contributed by atoms with Gasteiger partial charge in [0.2, 0.25) is 11.8 Å². The number of fused-ring (bicyclic) bond motifs is 1. The van der Waals surface area contributed by atoms with Gasteiger partial charge in [0.1, 0.15) is 6.04 Å². The summed E-state index contributed by atoms with van der Waals surface area (Å²) in [6.45, 7) is 1.99. The Bertz CT molecular complexity index is 1610. The van der Waals surface area contributed by atoms with Crippen LogP contribution in [0.3, 0.4) is 0 Å². The van der Waals surface area contributed by atoms with Crippen molar-refractivity contribution in [3.63, 3.8) is 0 Å². The molecule has 5 rings (SSSR count). The van der Waals surface area contributed by atoms with E-state index in [2.05, 4.69) is 15.6 Å². The number of aryl methyl sites for hydroxylation is 1. The molecule has 40 heavy (non-hydrogen) atoms. The van der Waals surface area contributed by atoms with Gasteiger partial charge < -0.3 is 10.6 Å². The minimum Gasteiger partial charge on any atom is -0.343 e. The van der Waals surface area contributed by atoms with Crippen LogP contribution in [0, 0.1) is 17.0 Å². The molecule has 8 nitrogen and oxygen atoms in total. The van der Waals surface area contributed by atoms with Gasteiger partial charge in [-0.25, -0.2) is 4.98 Å². The fourth-order valence-corrected chi connectivity index (χ4v) is 5.48. The predicted molar refractivity (Wildman–Crippen MR) is 156 cm³/mol. The van der Waals surface area contributed by atoms with Gasteiger partial charge in [0, 0.05) is 18.6 Å². The van der Waals surface area contributed by atoms with Gasteiger partial charge >= 0.3 is 0 Å². The molecule has 0 saturated heterocycles. The number of non-ortho nitro benzene ring substituents is 1. The highest BCUT2D eigenvalue weighted by molar-refractivity contribution is 7.22. The van der Waals surface area contributed by atoms with Gasteiger partial charge in [0.25, 0.3) is 5.69 Å². The smallest absolute Gasteiger partial charge is 0.269 e. The van der Waals surface area contributed by atoms with Crippen molar-refractivity contribution >= 4 is 44.2 Å². The molecule has 0 saturated carbocycles. The van der Waals surface area contributed by atoms with E-state index in [1.807, 2.05) is 85.8 Å². The van der Waals surface area contributed by atoms with E-state index in [-0.39, 0.29) is 18.0 Å². The van der Waals surface area contributed by atoms with E-state index >= 15 is 0 Å². The average molecular weight is 551 g/mol. The van der Waals surface area contributed by atoms with Crippen molar-refractivity contribution in [1.29, 1.82) is 0 Å². The fraction of sp³-hybridized carbons (Fsp3) is 0.129. The Morgan fingerprint density at radius 3 is 2.10 bits per heavy atom. The third kappa shape index (κ3) is 6.22. The summed E-state index contributed by atoms with van der Waals surface area (Å²) in [6.07, 6.45) is 0.135. The zero-order chi connectivity index (χ0) is 28.1. The second kappa shape index (κ2) is 11.9. The first-order chi connectivity index (χ1) is 19.4. The number of nitrogens with zero attached hydrogens (tertiary/aromatic N) is 2. The van der Waals surface area contributed by atoms with Crippen molar-refractivity contribution in [2.24, 2.45) is 0 Å². The van der Waals surface area contributed by atoms with Crippen LogP contribution < -0.4 is 10.6 Å². The lowest BCUT2D eigenvalue weighted by Gasteiger charge is -2.23. The Kier molecular flexibility index (Phi) is 7.93. The Labute approximate surface area is 234 Å². The first-order valence-corrected chi connectivity index (χ1v) is 13.5. The van der Waals surface area contributed by atoms with Crippen LogP contribution in [0.5, 0.6) is 0 Å². The number of hydrogen-bond acceptors (Lipinski definition) is 6. The monoisotopic (exact) mass is 550 g/mol. The molecule has 0 aliphatic carbocycles. The van der Waals surface area contributed by atoms with Crippen molar-refractivity contribution in [3.05, 3.63) is 135 Å². The number of nitro groups is 1. The number of nitrogens with one attached hydrogen (secondary N) is 2. The summed E-state index contributed by atoms with van der Waals surface area (Å²) in [5, 5.41) is 17.4. The molecule has 2 N–H and O–H groups in total. The van der Waals surface area contributed by atoms with E-state index in [0.717, 1.165) is 26.9 Å². The molecule has 0 aliphatic heterocycles. The van der Waals surface area contributed by atoms with E-state index in [9.17, 15) is 19.7 Å². The Morgan fingerprint density at radius 1 is 0.875 bits per heavy atom. The zero-order valence-corrected chi connectivity index (χ0v) is 22.4. The summed E-state index contributed by atoms with van der Waals surface area (Å²) in [5.74, 6) is -1.40. The second-order valence-electron chi connectivity index (χ2n) is 9.42. The highest BCUT2D eigenvalue weighted by Gasteiger charge is 2.29. The molecule has 1 atom stereocenters. The third-order valence-corrected chi connectivity index (χ3v) is 7.46. The average Bonchev–Trinajstić information content (AvgIpc) is 3.35. The maximum absolute atomic E-state index is 13.8. The first kappa shape index (κ1) is 26.7. The number of thiazole rings is 1. The molecule has 0 spiro atoms. The van der Waals surface area contributed by atoms with Crippen LogP contribution in [0.25, 0.3) is 10.2 Å².